The van der Waals surface area contributed by atoms with E-state index in [0.29, 0.717) is 0 Å². The molecule has 4 nitrogen and oxygen atoms in total. The van der Waals surface area contributed by atoms with Crippen LogP contribution in [0, 0.1) is 0 Å². The smallest absolute Gasteiger partial charge is 0.268 e. The average molecular weight is 410 g/mol. The number of rotatable bonds is 4. The minimum atomic E-state index is -2.14. The van der Waals surface area contributed by atoms with E-state index in [2.05, 4.69) is 5.43 Å². The fourth-order valence-corrected chi connectivity index (χ4v) is 2.02. The van der Waals surface area contributed by atoms with Crippen LogP contribution in [0.2, 0.25) is 0 Å². The van der Waals surface area contributed by atoms with Crippen molar-refractivity contribution in [2.45, 2.75) is 3.79 Å². The second kappa shape index (κ2) is 9.43. The van der Waals surface area contributed by atoms with Gasteiger partial charge in [0, 0.05) is 6.08 Å². The molecule has 26 heavy (non-hydrogen) atoms. The third kappa shape index (κ3) is 6.92. The molecule has 0 unspecified atom stereocenters. The van der Waals surface area contributed by atoms with Crippen molar-refractivity contribution in [3.63, 3.8) is 0 Å². The van der Waals surface area contributed by atoms with Crippen molar-refractivity contribution in [3.8, 4) is 0 Å². The van der Waals surface area contributed by atoms with Crippen LogP contribution >= 0.6 is 34.8 Å². The fraction of sp³-hybridized carbons (Fsp3) is 0.0526. The van der Waals surface area contributed by atoms with Crippen molar-refractivity contribution in [2.75, 3.05) is 0 Å². The Hall–Kier alpha value is -2.27. The van der Waals surface area contributed by atoms with E-state index in [4.69, 9.17) is 34.8 Å². The van der Waals surface area contributed by atoms with Gasteiger partial charge in [0.15, 0.2) is 0 Å². The Labute approximate surface area is 166 Å². The number of halogens is 3. The summed E-state index contributed by atoms with van der Waals surface area (Å²) in [5, 5.41) is 0. The topological polar surface area (TPSA) is 58.2 Å². The Morgan fingerprint density at radius 3 is 1.77 bits per heavy atom. The number of benzene rings is 2. The molecule has 0 aliphatic heterocycles. The molecule has 0 fully saturated rings. The zero-order valence-electron chi connectivity index (χ0n) is 13.5. The molecule has 0 aromatic heterocycles. The van der Waals surface area contributed by atoms with E-state index in [1.54, 1.807) is 6.08 Å². The van der Waals surface area contributed by atoms with Crippen molar-refractivity contribution in [3.05, 3.63) is 77.4 Å². The van der Waals surface area contributed by atoms with E-state index in [1.165, 1.54) is 6.08 Å². The summed E-state index contributed by atoms with van der Waals surface area (Å²) in [7, 11) is 0. The van der Waals surface area contributed by atoms with Crippen LogP contribution in [0.4, 0.5) is 0 Å². The van der Waals surface area contributed by atoms with Gasteiger partial charge in [-0.15, -0.1) is 0 Å². The van der Waals surface area contributed by atoms with Gasteiger partial charge < -0.3 is 0 Å². The third-order valence-electron chi connectivity index (χ3n) is 3.19. The van der Waals surface area contributed by atoms with Crippen LogP contribution in [0.25, 0.3) is 18.2 Å². The lowest BCUT2D eigenvalue weighted by Gasteiger charge is -2.10. The molecule has 0 bridgehead atoms. The third-order valence-corrected chi connectivity index (χ3v) is 3.70. The van der Waals surface area contributed by atoms with E-state index in [-0.39, 0.29) is 0 Å². The van der Waals surface area contributed by atoms with Gasteiger partial charge in [-0.2, -0.15) is 0 Å². The normalized spacial score (nSPS) is 11.7. The SMILES string of the molecule is O=C(/C=C/c1ccc(/C=C/c2ccccc2)cc1)NNC(=O)C(Cl)(Cl)Cl. The molecule has 0 aliphatic carbocycles. The second-order valence-corrected chi connectivity index (χ2v) is 7.47. The number of nitrogens with one attached hydrogen (secondary N) is 2. The summed E-state index contributed by atoms with van der Waals surface area (Å²) in [6.07, 6.45) is 6.88. The Kier molecular flexibility index (Phi) is 7.27. The van der Waals surface area contributed by atoms with Crippen molar-refractivity contribution < 1.29 is 9.59 Å². The molecule has 0 heterocycles. The summed E-state index contributed by atoms with van der Waals surface area (Å²) in [6, 6.07) is 17.6. The van der Waals surface area contributed by atoms with Crippen LogP contribution in [0.3, 0.4) is 0 Å². The molecule has 0 aliphatic rings. The molecule has 0 radical (unpaired) electrons. The van der Waals surface area contributed by atoms with Gasteiger partial charge in [-0.05, 0) is 22.8 Å². The molecule has 134 valence electrons. The quantitative estimate of drug-likeness (QED) is 0.340. The monoisotopic (exact) mass is 408 g/mol. The van der Waals surface area contributed by atoms with E-state index < -0.39 is 15.6 Å². The number of hydrogen-bond acceptors (Lipinski definition) is 2. The molecule has 0 atom stereocenters. The number of hydrazine groups is 1. The summed E-state index contributed by atoms with van der Waals surface area (Å²) in [5.74, 6) is -1.50. The van der Waals surface area contributed by atoms with E-state index >= 15 is 0 Å². The van der Waals surface area contributed by atoms with Crippen LogP contribution < -0.4 is 10.9 Å². The number of carbonyl (C=O) groups excluding carboxylic acids is 2. The van der Waals surface area contributed by atoms with E-state index in [0.717, 1.165) is 16.7 Å². The van der Waals surface area contributed by atoms with Crippen LogP contribution in [0.1, 0.15) is 16.7 Å². The lowest BCUT2D eigenvalue weighted by atomic mass is 10.1. The molecule has 2 N–H and O–H groups in total. The molecular formula is C19H15Cl3N2O2. The fourth-order valence-electron chi connectivity index (χ4n) is 1.88. The van der Waals surface area contributed by atoms with Gasteiger partial charge in [0.05, 0.1) is 0 Å². The number of alkyl halides is 3. The maximum Gasteiger partial charge on any atom is 0.290 e. The highest BCUT2D eigenvalue weighted by molar-refractivity contribution is 6.76. The largest absolute Gasteiger partial charge is 0.290 e. The second-order valence-electron chi connectivity index (χ2n) is 5.19. The van der Waals surface area contributed by atoms with Crippen molar-refractivity contribution >= 4 is 64.8 Å². The highest BCUT2D eigenvalue weighted by Crippen LogP contribution is 2.25. The summed E-state index contributed by atoms with van der Waals surface area (Å²) < 4.78 is -2.14. The van der Waals surface area contributed by atoms with Gasteiger partial charge in [0.1, 0.15) is 0 Å². The lowest BCUT2D eigenvalue weighted by Crippen LogP contribution is -2.46. The Morgan fingerprint density at radius 1 is 0.731 bits per heavy atom. The lowest BCUT2D eigenvalue weighted by molar-refractivity contribution is -0.126. The first kappa shape index (κ1) is 20.0. The minimum Gasteiger partial charge on any atom is -0.268 e. The summed E-state index contributed by atoms with van der Waals surface area (Å²) >= 11 is 16.1. The van der Waals surface area contributed by atoms with Crippen molar-refractivity contribution in [1.29, 1.82) is 0 Å². The maximum atomic E-state index is 11.6. The first-order valence-electron chi connectivity index (χ1n) is 7.53. The number of hydrogen-bond donors (Lipinski definition) is 2. The molecule has 0 saturated carbocycles. The Morgan fingerprint density at radius 2 is 1.23 bits per heavy atom. The van der Waals surface area contributed by atoms with Crippen LogP contribution in [0.5, 0.6) is 0 Å². The van der Waals surface area contributed by atoms with Gasteiger partial charge in [-0.25, -0.2) is 0 Å². The van der Waals surface area contributed by atoms with Gasteiger partial charge in [-0.3, -0.25) is 20.4 Å². The highest BCUT2D eigenvalue weighted by Gasteiger charge is 2.30. The van der Waals surface area contributed by atoms with Crippen molar-refractivity contribution in [1.82, 2.24) is 10.9 Å². The predicted octanol–water partition coefficient (Wildman–Crippen LogP) is 4.39. The molecule has 2 aromatic rings. The zero-order valence-corrected chi connectivity index (χ0v) is 15.7. The molecule has 0 saturated heterocycles. The Bertz CT molecular complexity index is 811. The first-order valence-corrected chi connectivity index (χ1v) is 8.66. The average Bonchev–Trinajstić information content (AvgIpc) is 2.63. The molecule has 7 heteroatoms. The van der Waals surface area contributed by atoms with Gasteiger partial charge in [0.2, 0.25) is 0 Å². The molecule has 2 aromatic carbocycles. The van der Waals surface area contributed by atoms with Crippen LogP contribution in [-0.2, 0) is 9.59 Å². The van der Waals surface area contributed by atoms with Crippen molar-refractivity contribution in [2.24, 2.45) is 0 Å². The van der Waals surface area contributed by atoms with Gasteiger partial charge in [0.25, 0.3) is 15.6 Å². The standard InChI is InChI=1S/C19H15Cl3N2O2/c20-19(21,22)18(26)24-23-17(25)13-12-16-10-8-15(9-11-16)7-6-14-4-2-1-3-5-14/h1-13H,(H,23,25)(H,24,26)/b7-6+,13-12+. The van der Waals surface area contributed by atoms with Gasteiger partial charge >= 0.3 is 0 Å². The molecule has 0 spiro atoms. The number of amides is 2. The predicted molar refractivity (Wildman–Crippen MR) is 107 cm³/mol. The summed E-state index contributed by atoms with van der Waals surface area (Å²) in [6.45, 7) is 0. The zero-order chi connectivity index (χ0) is 19.0. The minimum absolute atomic E-state index is 0.555. The first-order chi connectivity index (χ1) is 12.3. The number of carbonyl (C=O) groups is 2. The highest BCUT2D eigenvalue weighted by atomic mass is 35.6. The molecular weight excluding hydrogens is 395 g/mol. The summed E-state index contributed by atoms with van der Waals surface area (Å²) in [4.78, 5) is 22.9. The van der Waals surface area contributed by atoms with E-state index in [9.17, 15) is 9.59 Å². The summed E-state index contributed by atoms with van der Waals surface area (Å²) in [5.41, 5.74) is 7.10. The van der Waals surface area contributed by atoms with Crippen LogP contribution in [0.15, 0.2) is 60.7 Å². The van der Waals surface area contributed by atoms with Crippen LogP contribution in [-0.4, -0.2) is 15.6 Å². The Balaban J connectivity index is 1.88. The molecule has 2 amide bonds. The van der Waals surface area contributed by atoms with Gasteiger partial charge in [-0.1, -0.05) is 102 Å². The van der Waals surface area contributed by atoms with E-state index in [1.807, 2.05) is 72.2 Å². The molecule has 2 rings (SSSR count). The maximum absolute atomic E-state index is 11.6.